The van der Waals surface area contributed by atoms with Crippen LogP contribution < -0.4 is 0 Å². The summed E-state index contributed by atoms with van der Waals surface area (Å²) in [4.78, 5) is 0. The fourth-order valence-electron chi connectivity index (χ4n) is 8.22. The van der Waals surface area contributed by atoms with Gasteiger partial charge in [-0.05, 0) is 51.6 Å². The van der Waals surface area contributed by atoms with Crippen molar-refractivity contribution in [2.24, 2.45) is 0 Å². The second-order valence-electron chi connectivity index (χ2n) is 13.3. The van der Waals surface area contributed by atoms with E-state index in [2.05, 4.69) is 180 Å². The molecule has 2 heteroatoms. The van der Waals surface area contributed by atoms with Crippen molar-refractivity contribution in [1.82, 2.24) is 4.40 Å². The summed E-state index contributed by atoms with van der Waals surface area (Å²) < 4.78 is 9.36. The average Bonchev–Trinajstić information content (AvgIpc) is 3.85. The van der Waals surface area contributed by atoms with E-state index in [1.54, 1.807) is 0 Å². The minimum absolute atomic E-state index is 0.915. The quantitative estimate of drug-likeness (QED) is 0.188. The van der Waals surface area contributed by atoms with Gasteiger partial charge in [-0.15, -0.1) is 0 Å². The summed E-state index contributed by atoms with van der Waals surface area (Å²) in [5.74, 6) is 0. The van der Waals surface area contributed by atoms with Crippen LogP contribution in [0.4, 0.5) is 0 Å². The smallest absolute Gasteiger partial charge is 0.143 e. The van der Waals surface area contributed by atoms with Gasteiger partial charge in [0.15, 0.2) is 0 Å². The standard InChI is InChI=1S/C48H29NO/c1-2-10-30(11-3-1)31-22-24-32(25-23-31)33-12-6-13-34(28-33)36-15-7-19-42-43-20-8-16-37(48(43)50-47(36)42)35-26-27-39-41-18-9-17-40-38-14-4-5-21-44(38)49(46(40)41)45(39)29-35/h1-29H. The summed E-state index contributed by atoms with van der Waals surface area (Å²) >= 11 is 0. The zero-order valence-electron chi connectivity index (χ0n) is 27.1. The number of para-hydroxylation sites is 4. The minimum atomic E-state index is 0.915. The molecule has 11 aromatic rings. The van der Waals surface area contributed by atoms with Crippen LogP contribution in [0.15, 0.2) is 180 Å². The van der Waals surface area contributed by atoms with Crippen LogP contribution in [0.25, 0.3) is 105 Å². The van der Waals surface area contributed by atoms with E-state index in [0.717, 1.165) is 44.2 Å². The molecule has 0 unspecified atom stereocenters. The number of benzene rings is 8. The lowest BCUT2D eigenvalue weighted by Gasteiger charge is -2.08. The predicted molar refractivity (Wildman–Crippen MR) is 210 cm³/mol. The molecule has 0 spiro atoms. The summed E-state index contributed by atoms with van der Waals surface area (Å²) in [6, 6.07) is 63.5. The highest BCUT2D eigenvalue weighted by molar-refractivity contribution is 6.23. The lowest BCUT2D eigenvalue weighted by molar-refractivity contribution is 0.671. The van der Waals surface area contributed by atoms with Crippen molar-refractivity contribution < 1.29 is 4.42 Å². The van der Waals surface area contributed by atoms with E-state index < -0.39 is 0 Å². The van der Waals surface area contributed by atoms with Crippen molar-refractivity contribution in [2.75, 3.05) is 0 Å². The van der Waals surface area contributed by atoms with E-state index in [-0.39, 0.29) is 0 Å². The first kappa shape index (κ1) is 27.3. The Kier molecular flexibility index (Phi) is 5.70. The highest BCUT2D eigenvalue weighted by atomic mass is 16.3. The maximum Gasteiger partial charge on any atom is 0.143 e. The molecule has 0 aliphatic carbocycles. The van der Waals surface area contributed by atoms with Crippen LogP contribution in [-0.4, -0.2) is 4.40 Å². The molecular formula is C48H29NO. The molecule has 0 aliphatic rings. The Labute approximate surface area is 288 Å². The van der Waals surface area contributed by atoms with E-state index in [4.69, 9.17) is 4.42 Å². The van der Waals surface area contributed by atoms with Crippen LogP contribution in [-0.2, 0) is 0 Å². The molecule has 11 rings (SSSR count). The van der Waals surface area contributed by atoms with Gasteiger partial charge in [-0.2, -0.15) is 0 Å². The van der Waals surface area contributed by atoms with Crippen molar-refractivity contribution in [2.45, 2.75) is 0 Å². The van der Waals surface area contributed by atoms with E-state index in [9.17, 15) is 0 Å². The summed E-state index contributed by atoms with van der Waals surface area (Å²) in [5.41, 5.74) is 14.9. The number of furan rings is 1. The SMILES string of the molecule is c1ccc(-c2ccc(-c3cccc(-c4cccc5c4oc4c(-c6ccc7c8cccc9c%10ccccc%10n(c7c6)c98)cccc45)c3)cc2)cc1. The summed E-state index contributed by atoms with van der Waals surface area (Å²) in [7, 11) is 0. The van der Waals surface area contributed by atoms with Gasteiger partial charge in [0.05, 0.1) is 16.6 Å². The van der Waals surface area contributed by atoms with E-state index in [1.165, 1.54) is 60.3 Å². The Morgan fingerprint density at radius 3 is 1.52 bits per heavy atom. The number of hydrogen-bond donors (Lipinski definition) is 0. The van der Waals surface area contributed by atoms with Gasteiger partial charge in [-0.1, -0.05) is 158 Å². The molecule has 232 valence electrons. The Bertz CT molecular complexity index is 3070. The third-order valence-corrected chi connectivity index (χ3v) is 10.6. The maximum atomic E-state index is 6.92. The van der Waals surface area contributed by atoms with Gasteiger partial charge in [-0.25, -0.2) is 0 Å². The lowest BCUT2D eigenvalue weighted by atomic mass is 9.96. The van der Waals surface area contributed by atoms with E-state index in [1.807, 2.05) is 0 Å². The lowest BCUT2D eigenvalue weighted by Crippen LogP contribution is -1.83. The van der Waals surface area contributed by atoms with E-state index >= 15 is 0 Å². The van der Waals surface area contributed by atoms with Crippen molar-refractivity contribution in [3.63, 3.8) is 0 Å². The third kappa shape index (κ3) is 3.90. The number of nitrogens with zero attached hydrogens (tertiary/aromatic N) is 1. The van der Waals surface area contributed by atoms with Crippen LogP contribution in [0.3, 0.4) is 0 Å². The van der Waals surface area contributed by atoms with Gasteiger partial charge >= 0.3 is 0 Å². The molecule has 0 amide bonds. The topological polar surface area (TPSA) is 17.6 Å². The second-order valence-corrected chi connectivity index (χ2v) is 13.3. The first-order valence-electron chi connectivity index (χ1n) is 17.2. The molecule has 0 fully saturated rings. The molecule has 0 atom stereocenters. The molecule has 50 heavy (non-hydrogen) atoms. The highest BCUT2D eigenvalue weighted by Crippen LogP contribution is 2.43. The summed E-state index contributed by atoms with van der Waals surface area (Å²) in [5, 5.41) is 7.42. The Hall–Kier alpha value is -6.64. The molecule has 3 heterocycles. The number of rotatable bonds is 4. The first-order chi connectivity index (χ1) is 24.8. The van der Waals surface area contributed by atoms with Crippen LogP contribution in [0.1, 0.15) is 0 Å². The zero-order valence-corrected chi connectivity index (χ0v) is 27.1. The summed E-state index contributed by atoms with van der Waals surface area (Å²) in [6.45, 7) is 0. The van der Waals surface area contributed by atoms with Crippen LogP contribution >= 0.6 is 0 Å². The second kappa shape index (κ2) is 10.4. The Morgan fingerprint density at radius 2 is 0.780 bits per heavy atom. The van der Waals surface area contributed by atoms with Gasteiger partial charge in [0, 0.05) is 43.4 Å². The molecule has 0 radical (unpaired) electrons. The normalized spacial score (nSPS) is 12.0. The molecule has 2 nitrogen and oxygen atoms in total. The minimum Gasteiger partial charge on any atom is -0.455 e. The summed E-state index contributed by atoms with van der Waals surface area (Å²) in [6.07, 6.45) is 0. The molecule has 0 aliphatic heterocycles. The molecule has 0 saturated heterocycles. The average molecular weight is 636 g/mol. The van der Waals surface area contributed by atoms with Gasteiger partial charge < -0.3 is 8.82 Å². The Morgan fingerprint density at radius 1 is 0.300 bits per heavy atom. The molecule has 0 bridgehead atoms. The fraction of sp³-hybridized carbons (Fsp3) is 0. The third-order valence-electron chi connectivity index (χ3n) is 10.6. The molecule has 8 aromatic carbocycles. The Balaban J connectivity index is 1.05. The zero-order chi connectivity index (χ0) is 32.8. The molecule has 0 N–H and O–H groups in total. The first-order valence-corrected chi connectivity index (χ1v) is 17.2. The van der Waals surface area contributed by atoms with Crippen LogP contribution in [0.5, 0.6) is 0 Å². The largest absolute Gasteiger partial charge is 0.455 e. The fourth-order valence-corrected chi connectivity index (χ4v) is 8.22. The predicted octanol–water partition coefficient (Wildman–Crippen LogP) is 13.4. The van der Waals surface area contributed by atoms with Crippen molar-refractivity contribution in [1.29, 1.82) is 0 Å². The van der Waals surface area contributed by atoms with Crippen LogP contribution in [0, 0.1) is 0 Å². The van der Waals surface area contributed by atoms with E-state index in [0.29, 0.717) is 0 Å². The maximum absolute atomic E-state index is 6.92. The van der Waals surface area contributed by atoms with Gasteiger partial charge in [-0.3, -0.25) is 0 Å². The number of hydrogen-bond acceptors (Lipinski definition) is 1. The molecular weight excluding hydrogens is 607 g/mol. The van der Waals surface area contributed by atoms with Gasteiger partial charge in [0.25, 0.3) is 0 Å². The van der Waals surface area contributed by atoms with Gasteiger partial charge in [0.2, 0.25) is 0 Å². The molecule has 0 saturated carbocycles. The highest BCUT2D eigenvalue weighted by Gasteiger charge is 2.20. The van der Waals surface area contributed by atoms with Crippen molar-refractivity contribution in [3.05, 3.63) is 176 Å². The number of fused-ring (bicyclic) bond motifs is 9. The molecule has 3 aromatic heterocycles. The van der Waals surface area contributed by atoms with Crippen LogP contribution in [0.2, 0.25) is 0 Å². The van der Waals surface area contributed by atoms with Crippen molar-refractivity contribution >= 4 is 60.0 Å². The van der Waals surface area contributed by atoms with Crippen molar-refractivity contribution in [3.8, 4) is 44.5 Å². The number of aromatic nitrogens is 1. The van der Waals surface area contributed by atoms with Gasteiger partial charge in [0.1, 0.15) is 11.2 Å². The monoisotopic (exact) mass is 635 g/mol.